The van der Waals surface area contributed by atoms with Crippen LogP contribution in [0.5, 0.6) is 0 Å². The number of fused-ring (bicyclic) bond motifs is 2. The number of rotatable bonds is 4. The van der Waals surface area contributed by atoms with Gasteiger partial charge < -0.3 is 5.32 Å². The van der Waals surface area contributed by atoms with E-state index in [2.05, 4.69) is 17.2 Å². The summed E-state index contributed by atoms with van der Waals surface area (Å²) in [5.74, 6) is 2.05. The average molecular weight is 311 g/mol. The minimum Gasteiger partial charge on any atom is -0.326 e. The lowest BCUT2D eigenvalue weighted by Crippen LogP contribution is -2.21. The number of aryl methyl sites for hydroxylation is 1. The third-order valence-electron chi connectivity index (χ3n) is 5.03. The van der Waals surface area contributed by atoms with Gasteiger partial charge in [-0.1, -0.05) is 6.92 Å². The molecular weight excluding hydrogens is 290 g/mol. The fourth-order valence-electron chi connectivity index (χ4n) is 3.50. The quantitative estimate of drug-likeness (QED) is 0.944. The van der Waals surface area contributed by atoms with Crippen molar-refractivity contribution in [1.29, 1.82) is 0 Å². The molecule has 1 fully saturated rings. The van der Waals surface area contributed by atoms with Gasteiger partial charge in [0, 0.05) is 25.1 Å². The van der Waals surface area contributed by atoms with E-state index in [0.29, 0.717) is 34.8 Å². The third-order valence-corrected chi connectivity index (χ3v) is 5.03. The molecule has 5 heteroatoms. The molecule has 1 aromatic heterocycles. The molecule has 2 aromatic rings. The molecule has 1 aliphatic heterocycles. The number of nitrogens with one attached hydrogen (secondary N) is 1. The molecule has 2 heterocycles. The molecule has 1 amide bonds. The number of aromatic nitrogens is 2. The van der Waals surface area contributed by atoms with Crippen molar-refractivity contribution in [3.8, 4) is 0 Å². The van der Waals surface area contributed by atoms with Crippen molar-refractivity contribution in [2.75, 3.05) is 5.32 Å². The van der Waals surface area contributed by atoms with Crippen LogP contribution in [0.1, 0.15) is 38.4 Å². The molecular formula is C18H21N3O2. The van der Waals surface area contributed by atoms with E-state index in [0.717, 1.165) is 25.2 Å². The van der Waals surface area contributed by atoms with Gasteiger partial charge in [-0.3, -0.25) is 14.2 Å². The molecule has 1 N–H and O–H groups in total. The van der Waals surface area contributed by atoms with Crippen molar-refractivity contribution in [2.45, 2.75) is 45.6 Å². The zero-order valence-electron chi connectivity index (χ0n) is 13.3. The molecule has 1 aromatic carbocycles. The molecule has 0 radical (unpaired) electrons. The Morgan fingerprint density at radius 2 is 2.26 bits per heavy atom. The number of carbonyl (C=O) groups excluding carboxylic acids is 1. The van der Waals surface area contributed by atoms with Crippen molar-refractivity contribution >= 4 is 22.5 Å². The summed E-state index contributed by atoms with van der Waals surface area (Å²) < 4.78 is 1.75. The van der Waals surface area contributed by atoms with Crippen molar-refractivity contribution < 1.29 is 4.79 Å². The fourth-order valence-corrected chi connectivity index (χ4v) is 3.50. The van der Waals surface area contributed by atoms with Crippen molar-refractivity contribution in [3.05, 3.63) is 34.4 Å². The van der Waals surface area contributed by atoms with Gasteiger partial charge in [-0.2, -0.15) is 0 Å². The van der Waals surface area contributed by atoms with Gasteiger partial charge in [0.05, 0.1) is 10.9 Å². The highest BCUT2D eigenvalue weighted by atomic mass is 16.1. The first kappa shape index (κ1) is 14.4. The Morgan fingerprint density at radius 1 is 1.43 bits per heavy atom. The first-order chi connectivity index (χ1) is 11.1. The number of benzene rings is 1. The van der Waals surface area contributed by atoms with Crippen LogP contribution in [-0.2, 0) is 17.8 Å². The molecule has 2 aliphatic rings. The molecule has 1 atom stereocenters. The normalized spacial score (nSPS) is 18.0. The Bertz CT molecular complexity index is 836. The average Bonchev–Trinajstić information content (AvgIpc) is 3.27. The molecule has 0 saturated heterocycles. The SMILES string of the molecule is C[C@H](CC(=O)Nc1ccc2nc3n(c(=O)c2c1)CCC3)C1CC1. The van der Waals surface area contributed by atoms with Gasteiger partial charge in [-0.05, 0) is 49.3 Å². The maximum atomic E-state index is 12.5. The summed E-state index contributed by atoms with van der Waals surface area (Å²) in [5.41, 5.74) is 1.40. The van der Waals surface area contributed by atoms with Gasteiger partial charge in [0.1, 0.15) is 5.82 Å². The van der Waals surface area contributed by atoms with E-state index in [1.807, 2.05) is 12.1 Å². The molecule has 23 heavy (non-hydrogen) atoms. The highest BCUT2D eigenvalue weighted by molar-refractivity contribution is 5.93. The first-order valence-corrected chi connectivity index (χ1v) is 8.45. The number of hydrogen-bond acceptors (Lipinski definition) is 3. The van der Waals surface area contributed by atoms with Gasteiger partial charge in [0.2, 0.25) is 5.91 Å². The third kappa shape index (κ3) is 2.76. The number of hydrogen-bond donors (Lipinski definition) is 1. The summed E-state index contributed by atoms with van der Waals surface area (Å²) in [5, 5.41) is 3.51. The second-order valence-corrected chi connectivity index (χ2v) is 6.89. The summed E-state index contributed by atoms with van der Waals surface area (Å²) in [7, 11) is 0. The van der Waals surface area contributed by atoms with E-state index in [1.54, 1.807) is 10.6 Å². The van der Waals surface area contributed by atoms with Crippen LogP contribution >= 0.6 is 0 Å². The topological polar surface area (TPSA) is 64.0 Å². The monoisotopic (exact) mass is 311 g/mol. The van der Waals surface area contributed by atoms with E-state index in [1.165, 1.54) is 12.8 Å². The molecule has 5 nitrogen and oxygen atoms in total. The summed E-state index contributed by atoms with van der Waals surface area (Å²) in [6, 6.07) is 5.42. The highest BCUT2D eigenvalue weighted by Gasteiger charge is 2.29. The Labute approximate surface area is 134 Å². The molecule has 120 valence electrons. The minimum atomic E-state index is 0.00458. The van der Waals surface area contributed by atoms with E-state index < -0.39 is 0 Å². The maximum Gasteiger partial charge on any atom is 0.261 e. The standard InChI is InChI=1S/C18H21N3O2/c1-11(12-4-5-12)9-17(22)19-13-6-7-15-14(10-13)18(23)21-8-2-3-16(21)20-15/h6-7,10-12H,2-5,8-9H2,1H3,(H,19,22)/t11-/m1/s1. The Hall–Kier alpha value is -2.17. The van der Waals surface area contributed by atoms with Crippen LogP contribution < -0.4 is 10.9 Å². The molecule has 4 rings (SSSR count). The largest absolute Gasteiger partial charge is 0.326 e. The van der Waals surface area contributed by atoms with Gasteiger partial charge in [-0.25, -0.2) is 4.98 Å². The molecule has 1 aliphatic carbocycles. The van der Waals surface area contributed by atoms with Gasteiger partial charge >= 0.3 is 0 Å². The van der Waals surface area contributed by atoms with E-state index in [4.69, 9.17) is 0 Å². The van der Waals surface area contributed by atoms with Gasteiger partial charge in [0.15, 0.2) is 0 Å². The first-order valence-electron chi connectivity index (χ1n) is 8.45. The lowest BCUT2D eigenvalue weighted by atomic mass is 10.0. The number of nitrogens with zero attached hydrogens (tertiary/aromatic N) is 2. The van der Waals surface area contributed by atoms with Crippen LogP contribution in [0, 0.1) is 11.8 Å². The summed E-state index contributed by atoms with van der Waals surface area (Å²) >= 11 is 0. The summed E-state index contributed by atoms with van der Waals surface area (Å²) in [4.78, 5) is 29.3. The van der Waals surface area contributed by atoms with Crippen molar-refractivity contribution in [2.24, 2.45) is 11.8 Å². The molecule has 0 bridgehead atoms. The van der Waals surface area contributed by atoms with E-state index >= 15 is 0 Å². The summed E-state index contributed by atoms with van der Waals surface area (Å²) in [6.45, 7) is 2.88. The smallest absolute Gasteiger partial charge is 0.261 e. The van der Waals surface area contributed by atoms with Crippen LogP contribution in [0.25, 0.3) is 10.9 Å². The van der Waals surface area contributed by atoms with Crippen molar-refractivity contribution in [3.63, 3.8) is 0 Å². The van der Waals surface area contributed by atoms with Crippen LogP contribution in [0.4, 0.5) is 5.69 Å². The van der Waals surface area contributed by atoms with Gasteiger partial charge in [-0.15, -0.1) is 0 Å². The Balaban J connectivity index is 1.58. The molecule has 0 spiro atoms. The highest BCUT2D eigenvalue weighted by Crippen LogP contribution is 2.38. The number of carbonyl (C=O) groups is 1. The zero-order valence-corrected chi connectivity index (χ0v) is 13.3. The Kier molecular flexibility index (Phi) is 3.43. The molecule has 1 saturated carbocycles. The van der Waals surface area contributed by atoms with Crippen LogP contribution in [0.15, 0.2) is 23.0 Å². The number of amides is 1. The van der Waals surface area contributed by atoms with Crippen LogP contribution in [0.3, 0.4) is 0 Å². The Morgan fingerprint density at radius 3 is 3.04 bits per heavy atom. The minimum absolute atomic E-state index is 0.00458. The molecule has 0 unspecified atom stereocenters. The van der Waals surface area contributed by atoms with Crippen LogP contribution in [-0.4, -0.2) is 15.5 Å². The lowest BCUT2D eigenvalue weighted by Gasteiger charge is -2.11. The predicted octanol–water partition coefficient (Wildman–Crippen LogP) is 2.72. The van der Waals surface area contributed by atoms with E-state index in [9.17, 15) is 9.59 Å². The lowest BCUT2D eigenvalue weighted by molar-refractivity contribution is -0.117. The maximum absolute atomic E-state index is 12.5. The number of anilines is 1. The zero-order chi connectivity index (χ0) is 16.0. The predicted molar refractivity (Wildman–Crippen MR) is 89.5 cm³/mol. The van der Waals surface area contributed by atoms with Crippen molar-refractivity contribution in [1.82, 2.24) is 9.55 Å². The second kappa shape index (κ2) is 5.48. The fraction of sp³-hybridized carbons (Fsp3) is 0.500. The van der Waals surface area contributed by atoms with Gasteiger partial charge in [0.25, 0.3) is 5.56 Å². The summed E-state index contributed by atoms with van der Waals surface area (Å²) in [6.07, 6.45) is 4.88. The van der Waals surface area contributed by atoms with Crippen LogP contribution in [0.2, 0.25) is 0 Å². The second-order valence-electron chi connectivity index (χ2n) is 6.89. The van der Waals surface area contributed by atoms with E-state index in [-0.39, 0.29) is 11.5 Å².